The maximum absolute atomic E-state index is 11.3. The number of benzene rings is 1. The molecule has 0 atom stereocenters. The number of hydrogen-bond acceptors (Lipinski definition) is 5. The van der Waals surface area contributed by atoms with Gasteiger partial charge in [-0.25, -0.2) is 4.79 Å². The van der Waals surface area contributed by atoms with Crippen LogP contribution in [0.3, 0.4) is 0 Å². The van der Waals surface area contributed by atoms with Gasteiger partial charge in [0.25, 0.3) is 5.69 Å². The number of nitrogens with zero attached hydrogens (tertiary/aromatic N) is 2. The molecule has 1 aromatic rings. The number of nitro benzene ring substituents is 1. The first-order valence-electron chi connectivity index (χ1n) is 6.15. The number of hydrogen-bond donors (Lipinski definition) is 2. The van der Waals surface area contributed by atoms with E-state index in [2.05, 4.69) is 5.32 Å². The largest absolute Gasteiger partial charge is 0.491 e. The minimum absolute atomic E-state index is 0.0969. The lowest BCUT2D eigenvalue weighted by Crippen LogP contribution is -2.31. The Morgan fingerprint density at radius 3 is 2.90 bits per heavy atom. The molecule has 8 heteroatoms. The molecule has 0 unspecified atom stereocenters. The topological polar surface area (TPSA) is 105 Å². The van der Waals surface area contributed by atoms with Gasteiger partial charge in [0, 0.05) is 30.8 Å². The van der Waals surface area contributed by atoms with Crippen LogP contribution >= 0.6 is 0 Å². The number of nitrogens with one attached hydrogen (secondary N) is 1. The summed E-state index contributed by atoms with van der Waals surface area (Å²) in [6.07, 6.45) is 0. The molecule has 0 saturated carbocycles. The van der Waals surface area contributed by atoms with Gasteiger partial charge in [-0.3, -0.25) is 10.1 Å². The summed E-state index contributed by atoms with van der Waals surface area (Å²) in [5.41, 5.74) is 0.255. The number of ether oxygens (including phenoxy) is 1. The van der Waals surface area contributed by atoms with Gasteiger partial charge in [-0.1, -0.05) is 0 Å². The molecule has 8 nitrogen and oxygen atoms in total. The molecule has 1 fully saturated rings. The number of rotatable bonds is 6. The fourth-order valence-corrected chi connectivity index (χ4v) is 1.93. The minimum atomic E-state index is -0.530. The van der Waals surface area contributed by atoms with Crippen molar-refractivity contribution in [1.29, 1.82) is 0 Å². The van der Waals surface area contributed by atoms with Gasteiger partial charge in [-0.15, -0.1) is 0 Å². The average molecular weight is 281 g/mol. The first kappa shape index (κ1) is 14.1. The smallest absolute Gasteiger partial charge is 0.317 e. The number of amides is 2. The molecule has 2 amide bonds. The molecule has 1 heterocycles. The Bertz CT molecular complexity index is 520. The van der Waals surface area contributed by atoms with E-state index >= 15 is 0 Å². The van der Waals surface area contributed by atoms with Crippen LogP contribution in [0.5, 0.6) is 5.75 Å². The van der Waals surface area contributed by atoms with Gasteiger partial charge in [0.2, 0.25) is 0 Å². The van der Waals surface area contributed by atoms with Crippen LogP contribution in [-0.2, 0) is 6.61 Å². The van der Waals surface area contributed by atoms with Gasteiger partial charge in [-0.05, 0) is 6.07 Å². The summed E-state index contributed by atoms with van der Waals surface area (Å²) in [5, 5.41) is 22.5. The van der Waals surface area contributed by atoms with Crippen molar-refractivity contribution in [3.8, 4) is 5.75 Å². The van der Waals surface area contributed by atoms with E-state index in [-0.39, 0.29) is 24.9 Å². The zero-order valence-electron chi connectivity index (χ0n) is 10.7. The van der Waals surface area contributed by atoms with Crippen molar-refractivity contribution in [3.63, 3.8) is 0 Å². The van der Waals surface area contributed by atoms with Crippen LogP contribution < -0.4 is 10.1 Å². The van der Waals surface area contributed by atoms with Crippen molar-refractivity contribution in [2.45, 2.75) is 6.61 Å². The molecule has 0 radical (unpaired) electrons. The molecule has 108 valence electrons. The highest BCUT2D eigenvalue weighted by Crippen LogP contribution is 2.24. The molecule has 1 aliphatic rings. The lowest BCUT2D eigenvalue weighted by molar-refractivity contribution is -0.385. The molecule has 0 aliphatic carbocycles. The highest BCUT2D eigenvalue weighted by molar-refractivity contribution is 5.76. The van der Waals surface area contributed by atoms with E-state index in [0.29, 0.717) is 30.9 Å². The highest BCUT2D eigenvalue weighted by atomic mass is 16.6. The summed E-state index contributed by atoms with van der Waals surface area (Å²) in [7, 11) is 0. The van der Waals surface area contributed by atoms with Gasteiger partial charge in [-0.2, -0.15) is 0 Å². The molecule has 2 rings (SSSR count). The number of non-ortho nitro benzene ring substituents is 1. The van der Waals surface area contributed by atoms with Crippen molar-refractivity contribution in [2.75, 3.05) is 26.2 Å². The Kier molecular flexibility index (Phi) is 4.36. The third kappa shape index (κ3) is 3.15. The minimum Gasteiger partial charge on any atom is -0.491 e. The molecular formula is C12H15N3O5. The second kappa shape index (κ2) is 6.20. The normalized spacial score (nSPS) is 14.2. The van der Waals surface area contributed by atoms with E-state index in [1.54, 1.807) is 4.90 Å². The maximum Gasteiger partial charge on any atom is 0.317 e. The van der Waals surface area contributed by atoms with Crippen LogP contribution in [0.15, 0.2) is 18.2 Å². The van der Waals surface area contributed by atoms with E-state index in [9.17, 15) is 20.0 Å². The van der Waals surface area contributed by atoms with Gasteiger partial charge < -0.3 is 20.1 Å². The van der Waals surface area contributed by atoms with Gasteiger partial charge in [0.1, 0.15) is 12.4 Å². The van der Waals surface area contributed by atoms with Gasteiger partial charge in [0.15, 0.2) is 0 Å². The van der Waals surface area contributed by atoms with Gasteiger partial charge in [0.05, 0.1) is 18.1 Å². The van der Waals surface area contributed by atoms with E-state index < -0.39 is 4.92 Å². The third-order valence-electron chi connectivity index (χ3n) is 2.99. The zero-order chi connectivity index (χ0) is 14.5. The predicted octanol–water partition coefficient (Wildman–Crippen LogP) is 0.491. The Hall–Kier alpha value is -2.35. The van der Waals surface area contributed by atoms with Crippen molar-refractivity contribution < 1.29 is 19.6 Å². The van der Waals surface area contributed by atoms with Crippen LogP contribution in [-0.4, -0.2) is 47.2 Å². The summed E-state index contributed by atoms with van der Waals surface area (Å²) < 4.78 is 5.47. The Balaban J connectivity index is 1.95. The molecule has 2 N–H and O–H groups in total. The summed E-state index contributed by atoms with van der Waals surface area (Å²) in [6, 6.07) is 3.92. The second-order valence-electron chi connectivity index (χ2n) is 4.27. The second-order valence-corrected chi connectivity index (χ2v) is 4.27. The van der Waals surface area contributed by atoms with Crippen LogP contribution in [0.2, 0.25) is 0 Å². The van der Waals surface area contributed by atoms with Gasteiger partial charge >= 0.3 is 6.03 Å². The number of carbonyl (C=O) groups excluding carboxylic acids is 1. The maximum atomic E-state index is 11.3. The zero-order valence-corrected chi connectivity index (χ0v) is 10.7. The van der Waals surface area contributed by atoms with Crippen LogP contribution in [0.25, 0.3) is 0 Å². The van der Waals surface area contributed by atoms with Crippen LogP contribution in [0, 0.1) is 10.1 Å². The third-order valence-corrected chi connectivity index (χ3v) is 2.99. The number of aliphatic hydroxyl groups is 1. The Morgan fingerprint density at radius 1 is 1.50 bits per heavy atom. The van der Waals surface area contributed by atoms with Crippen LogP contribution in [0.4, 0.5) is 10.5 Å². The number of aliphatic hydroxyl groups excluding tert-OH is 1. The van der Waals surface area contributed by atoms with Crippen molar-refractivity contribution in [3.05, 3.63) is 33.9 Å². The Labute approximate surface area is 115 Å². The molecule has 20 heavy (non-hydrogen) atoms. The average Bonchev–Trinajstić information content (AvgIpc) is 2.84. The molecule has 0 bridgehead atoms. The lowest BCUT2D eigenvalue weighted by Gasteiger charge is -2.15. The quantitative estimate of drug-likeness (QED) is 0.583. The fourth-order valence-electron chi connectivity index (χ4n) is 1.93. The monoisotopic (exact) mass is 281 g/mol. The summed E-state index contributed by atoms with van der Waals surface area (Å²) in [4.78, 5) is 23.0. The molecule has 1 aliphatic heterocycles. The Morgan fingerprint density at radius 2 is 2.30 bits per heavy atom. The first-order chi connectivity index (χ1) is 9.61. The molecule has 1 aromatic carbocycles. The van der Waals surface area contributed by atoms with E-state index in [1.807, 2.05) is 0 Å². The van der Waals surface area contributed by atoms with Crippen molar-refractivity contribution >= 4 is 11.7 Å². The number of nitro groups is 1. The van der Waals surface area contributed by atoms with E-state index in [0.717, 1.165) is 0 Å². The van der Waals surface area contributed by atoms with E-state index in [4.69, 9.17) is 4.74 Å². The SMILES string of the molecule is O=C1NCCN1CCOc1ccc([N+](=O)[O-])cc1CO. The number of urea groups is 1. The van der Waals surface area contributed by atoms with E-state index in [1.165, 1.54) is 18.2 Å². The van der Waals surface area contributed by atoms with Crippen LogP contribution in [0.1, 0.15) is 5.56 Å². The summed E-state index contributed by atoms with van der Waals surface area (Å²) in [5.74, 6) is 0.387. The molecule has 0 spiro atoms. The van der Waals surface area contributed by atoms with Crippen molar-refractivity contribution in [1.82, 2.24) is 10.2 Å². The molecule has 0 aromatic heterocycles. The molecular weight excluding hydrogens is 266 g/mol. The standard InChI is InChI=1S/C12H15N3O5/c16-8-9-7-10(15(18)19)1-2-11(9)20-6-5-14-4-3-13-12(14)17/h1-2,7,16H,3-6,8H2,(H,13,17). The highest BCUT2D eigenvalue weighted by Gasteiger charge is 2.19. The summed E-state index contributed by atoms with van der Waals surface area (Å²) in [6.45, 7) is 1.60. The predicted molar refractivity (Wildman–Crippen MR) is 69.5 cm³/mol. The van der Waals surface area contributed by atoms with Crippen molar-refractivity contribution in [2.24, 2.45) is 0 Å². The lowest BCUT2D eigenvalue weighted by atomic mass is 10.2. The number of carbonyl (C=O) groups is 1. The summed E-state index contributed by atoms with van der Waals surface area (Å²) >= 11 is 0. The first-order valence-corrected chi connectivity index (χ1v) is 6.15. The molecule has 1 saturated heterocycles. The fraction of sp³-hybridized carbons (Fsp3) is 0.417.